The van der Waals surface area contributed by atoms with Gasteiger partial charge in [0.05, 0.1) is 6.61 Å². The van der Waals surface area contributed by atoms with Crippen LogP contribution in [0.3, 0.4) is 0 Å². The van der Waals surface area contributed by atoms with Gasteiger partial charge in [-0.05, 0) is 19.3 Å². The maximum atomic E-state index is 8.56. The minimum atomic E-state index is 0.189. The first-order valence-electron chi connectivity index (χ1n) is 7.94. The average molecular weight is 262 g/mol. The van der Waals surface area contributed by atoms with E-state index < -0.39 is 0 Å². The topological polar surface area (TPSA) is 20.2 Å². The normalized spacial score (nSPS) is 9.37. The molecule has 0 saturated carbocycles. The van der Waals surface area contributed by atoms with Gasteiger partial charge in [0.2, 0.25) is 0 Å². The van der Waals surface area contributed by atoms with Gasteiger partial charge in [-0.2, -0.15) is 0 Å². The van der Waals surface area contributed by atoms with Gasteiger partial charge in [-0.15, -0.1) is 23.7 Å². The molecule has 0 spiro atoms. The molecule has 0 rings (SSSR count). The molecule has 0 aromatic heterocycles. The van der Waals surface area contributed by atoms with E-state index >= 15 is 0 Å². The molecule has 1 N–H and O–H groups in total. The van der Waals surface area contributed by atoms with Crippen LogP contribution in [-0.2, 0) is 0 Å². The lowest BCUT2D eigenvalue weighted by molar-refractivity contribution is 0.305. The lowest BCUT2D eigenvalue weighted by Crippen LogP contribution is -1.80. The number of rotatable bonds is 10. The summed E-state index contributed by atoms with van der Waals surface area (Å²) in [5.74, 6) is 12.6. The molecular formula is C18H30O. The summed E-state index contributed by atoms with van der Waals surface area (Å²) in [5, 5.41) is 8.56. The van der Waals surface area contributed by atoms with Gasteiger partial charge in [-0.1, -0.05) is 39.0 Å². The van der Waals surface area contributed by atoms with Gasteiger partial charge in [0, 0.05) is 25.7 Å². The van der Waals surface area contributed by atoms with E-state index in [1.165, 1.54) is 51.4 Å². The molecule has 0 fully saturated rings. The van der Waals surface area contributed by atoms with Crippen LogP contribution in [0, 0.1) is 23.7 Å². The van der Waals surface area contributed by atoms with Crippen molar-refractivity contribution in [2.24, 2.45) is 0 Å². The van der Waals surface area contributed by atoms with Crippen LogP contribution >= 0.6 is 0 Å². The second kappa shape index (κ2) is 17.1. The standard InChI is InChI=1S/C18H30O/c1-2-3-4-5-6-7-8-9-10-11-12-13-14-15-16-17-18-19/h19H,2-4,7-14,17-18H2,1H3. The summed E-state index contributed by atoms with van der Waals surface area (Å²) in [6, 6.07) is 0. The average Bonchev–Trinajstić information content (AvgIpc) is 2.43. The zero-order valence-electron chi connectivity index (χ0n) is 12.6. The molecule has 0 heterocycles. The highest BCUT2D eigenvalue weighted by Gasteiger charge is 1.89. The first-order valence-corrected chi connectivity index (χ1v) is 7.94. The molecule has 0 atom stereocenters. The number of hydrogen-bond donors (Lipinski definition) is 1. The number of unbranched alkanes of at least 4 members (excludes halogenated alkanes) is 9. The van der Waals surface area contributed by atoms with Crippen LogP contribution in [0.2, 0.25) is 0 Å². The summed E-state index contributed by atoms with van der Waals surface area (Å²) < 4.78 is 0. The third-order valence-corrected chi connectivity index (χ3v) is 3.00. The van der Waals surface area contributed by atoms with Gasteiger partial charge in [0.25, 0.3) is 0 Å². The Balaban J connectivity index is 3.10. The maximum Gasteiger partial charge on any atom is 0.0540 e. The predicted octanol–water partition coefficient (Wildman–Crippen LogP) is 4.69. The van der Waals surface area contributed by atoms with E-state index in [1.54, 1.807) is 0 Å². The monoisotopic (exact) mass is 262 g/mol. The van der Waals surface area contributed by atoms with E-state index in [4.69, 9.17) is 5.11 Å². The summed E-state index contributed by atoms with van der Waals surface area (Å²) in [7, 11) is 0. The molecule has 0 unspecified atom stereocenters. The van der Waals surface area contributed by atoms with Crippen molar-refractivity contribution in [1.82, 2.24) is 0 Å². The Morgan fingerprint density at radius 1 is 0.579 bits per heavy atom. The highest BCUT2D eigenvalue weighted by molar-refractivity contribution is 4.98. The van der Waals surface area contributed by atoms with Crippen LogP contribution in [0.1, 0.15) is 84.0 Å². The van der Waals surface area contributed by atoms with Gasteiger partial charge < -0.3 is 5.11 Å². The molecule has 1 nitrogen and oxygen atoms in total. The van der Waals surface area contributed by atoms with Crippen molar-refractivity contribution in [3.63, 3.8) is 0 Å². The fourth-order valence-corrected chi connectivity index (χ4v) is 1.81. The van der Waals surface area contributed by atoms with E-state index in [-0.39, 0.29) is 6.61 Å². The second-order valence-corrected chi connectivity index (χ2v) is 4.91. The number of aliphatic hydroxyl groups excluding tert-OH is 1. The van der Waals surface area contributed by atoms with E-state index in [0.29, 0.717) is 6.42 Å². The molecule has 108 valence electrons. The van der Waals surface area contributed by atoms with Crippen molar-refractivity contribution in [3.8, 4) is 23.7 Å². The minimum Gasteiger partial charge on any atom is -0.395 e. The largest absolute Gasteiger partial charge is 0.395 e. The molecule has 0 amide bonds. The van der Waals surface area contributed by atoms with Crippen LogP contribution in [-0.4, -0.2) is 11.7 Å². The van der Waals surface area contributed by atoms with E-state index in [2.05, 4.69) is 30.6 Å². The Kier molecular flexibility index (Phi) is 16.3. The van der Waals surface area contributed by atoms with Crippen molar-refractivity contribution < 1.29 is 5.11 Å². The highest BCUT2D eigenvalue weighted by Crippen LogP contribution is 2.08. The van der Waals surface area contributed by atoms with Crippen LogP contribution in [0.5, 0.6) is 0 Å². The van der Waals surface area contributed by atoms with Gasteiger partial charge >= 0.3 is 0 Å². The first-order chi connectivity index (χ1) is 9.41. The first kappa shape index (κ1) is 18.1. The van der Waals surface area contributed by atoms with Crippen LogP contribution in [0.4, 0.5) is 0 Å². The molecule has 0 saturated heterocycles. The number of aliphatic hydroxyl groups is 1. The van der Waals surface area contributed by atoms with Gasteiger partial charge in [0.1, 0.15) is 0 Å². The molecule has 0 aromatic rings. The maximum absolute atomic E-state index is 8.56. The van der Waals surface area contributed by atoms with Crippen molar-refractivity contribution >= 4 is 0 Å². The Morgan fingerprint density at radius 3 is 1.47 bits per heavy atom. The van der Waals surface area contributed by atoms with Crippen LogP contribution in [0.25, 0.3) is 0 Å². The van der Waals surface area contributed by atoms with Crippen molar-refractivity contribution in [3.05, 3.63) is 0 Å². The molecule has 0 aliphatic heterocycles. The Hall–Kier alpha value is -0.920. The van der Waals surface area contributed by atoms with Gasteiger partial charge in [0.15, 0.2) is 0 Å². The summed E-state index contributed by atoms with van der Waals surface area (Å²) in [6.45, 7) is 2.40. The SMILES string of the molecule is CCCCC#CCCCCCCCCC#CCCO. The highest BCUT2D eigenvalue weighted by atomic mass is 16.2. The third-order valence-electron chi connectivity index (χ3n) is 3.00. The van der Waals surface area contributed by atoms with Gasteiger partial charge in [-0.25, -0.2) is 0 Å². The Morgan fingerprint density at radius 2 is 1.00 bits per heavy atom. The fraction of sp³-hybridized carbons (Fsp3) is 0.778. The smallest absolute Gasteiger partial charge is 0.0540 e. The lowest BCUT2D eigenvalue weighted by Gasteiger charge is -1.98. The molecule has 0 aromatic carbocycles. The molecule has 0 aliphatic carbocycles. The summed E-state index contributed by atoms with van der Waals surface area (Å²) in [6.07, 6.45) is 14.0. The molecule has 19 heavy (non-hydrogen) atoms. The summed E-state index contributed by atoms with van der Waals surface area (Å²) >= 11 is 0. The Labute approximate surface area is 120 Å². The zero-order valence-corrected chi connectivity index (χ0v) is 12.6. The molecular weight excluding hydrogens is 232 g/mol. The van der Waals surface area contributed by atoms with Crippen molar-refractivity contribution in [1.29, 1.82) is 0 Å². The second-order valence-electron chi connectivity index (χ2n) is 4.91. The van der Waals surface area contributed by atoms with Gasteiger partial charge in [-0.3, -0.25) is 0 Å². The summed E-state index contributed by atoms with van der Waals surface area (Å²) in [5.41, 5.74) is 0. The fourth-order valence-electron chi connectivity index (χ4n) is 1.81. The third kappa shape index (κ3) is 17.1. The predicted molar refractivity (Wildman–Crippen MR) is 83.7 cm³/mol. The van der Waals surface area contributed by atoms with E-state index in [0.717, 1.165) is 19.3 Å². The summed E-state index contributed by atoms with van der Waals surface area (Å²) in [4.78, 5) is 0. The Bertz CT molecular complexity index is 284. The molecule has 0 bridgehead atoms. The van der Waals surface area contributed by atoms with Crippen molar-refractivity contribution in [2.45, 2.75) is 84.0 Å². The van der Waals surface area contributed by atoms with E-state index in [1.807, 2.05) is 0 Å². The van der Waals surface area contributed by atoms with Crippen LogP contribution in [0.15, 0.2) is 0 Å². The molecule has 0 radical (unpaired) electrons. The van der Waals surface area contributed by atoms with E-state index in [9.17, 15) is 0 Å². The molecule has 1 heteroatoms. The minimum absolute atomic E-state index is 0.189. The lowest BCUT2D eigenvalue weighted by atomic mass is 10.1. The molecule has 0 aliphatic rings. The quantitative estimate of drug-likeness (QED) is 0.447. The number of hydrogen-bond acceptors (Lipinski definition) is 1. The zero-order chi connectivity index (χ0) is 14.0. The van der Waals surface area contributed by atoms with Crippen LogP contribution < -0.4 is 0 Å². The van der Waals surface area contributed by atoms with Crippen molar-refractivity contribution in [2.75, 3.05) is 6.61 Å².